The second-order valence-corrected chi connectivity index (χ2v) is 3.60. The molecule has 0 amide bonds. The number of rotatable bonds is 1. The molecular weight excluding hydrogens is 240 g/mol. The third kappa shape index (κ3) is 4.38. The highest BCUT2D eigenvalue weighted by Gasteiger charge is 2.09. The van der Waals surface area contributed by atoms with E-state index in [2.05, 4.69) is 16.4 Å². The zero-order valence-electron chi connectivity index (χ0n) is 9.84. The van der Waals surface area contributed by atoms with E-state index in [0.717, 1.165) is 31.1 Å². The Hall–Kier alpha value is -2.15. The summed E-state index contributed by atoms with van der Waals surface area (Å²) in [5.41, 5.74) is 2.12. The van der Waals surface area contributed by atoms with Gasteiger partial charge in [0.2, 0.25) is 5.89 Å². The number of aliphatic carboxylic acids is 2. The molecule has 18 heavy (non-hydrogen) atoms. The quantitative estimate of drug-likeness (QED) is 0.626. The van der Waals surface area contributed by atoms with Crippen molar-refractivity contribution in [3.05, 3.63) is 23.9 Å². The highest BCUT2D eigenvalue weighted by Crippen LogP contribution is 2.15. The average Bonchev–Trinajstić information content (AvgIpc) is 2.78. The Balaban J connectivity index is 0.000000232. The van der Waals surface area contributed by atoms with Gasteiger partial charge in [-0.25, -0.2) is 14.6 Å². The van der Waals surface area contributed by atoms with E-state index in [1.54, 1.807) is 6.26 Å². The van der Waals surface area contributed by atoms with Crippen LogP contribution in [0, 0.1) is 6.92 Å². The first-order valence-corrected chi connectivity index (χ1v) is 5.29. The van der Waals surface area contributed by atoms with Crippen LogP contribution in [0.5, 0.6) is 0 Å². The predicted octanol–water partition coefficient (Wildman–Crippen LogP) is 0.515. The summed E-state index contributed by atoms with van der Waals surface area (Å²) >= 11 is 0. The lowest BCUT2D eigenvalue weighted by Gasteiger charge is -2.10. The number of nitrogens with one attached hydrogen (secondary N) is 1. The Morgan fingerprint density at radius 3 is 2.44 bits per heavy atom. The molecule has 0 aromatic carbocycles. The van der Waals surface area contributed by atoms with Gasteiger partial charge in [-0.15, -0.1) is 0 Å². The molecular formula is C11H14N2O5. The third-order valence-corrected chi connectivity index (χ3v) is 2.10. The number of carboxylic acid groups (broad SMARTS) is 2. The minimum absolute atomic E-state index is 0.764. The van der Waals surface area contributed by atoms with Gasteiger partial charge in [0.15, 0.2) is 0 Å². The summed E-state index contributed by atoms with van der Waals surface area (Å²) in [5, 5.41) is 18.1. The lowest BCUT2D eigenvalue weighted by Crippen LogP contribution is -2.21. The van der Waals surface area contributed by atoms with Crippen molar-refractivity contribution >= 4 is 17.5 Å². The molecule has 0 fully saturated rings. The van der Waals surface area contributed by atoms with Gasteiger partial charge in [-0.3, -0.25) is 0 Å². The molecule has 0 spiro atoms. The molecule has 1 aromatic heterocycles. The second kappa shape index (κ2) is 6.55. The molecule has 0 saturated carbocycles. The van der Waals surface area contributed by atoms with Gasteiger partial charge in [-0.05, 0) is 19.9 Å². The zero-order chi connectivity index (χ0) is 13.5. The van der Waals surface area contributed by atoms with Crippen LogP contribution in [0.1, 0.15) is 18.0 Å². The van der Waals surface area contributed by atoms with Crippen molar-refractivity contribution in [1.29, 1.82) is 0 Å². The van der Waals surface area contributed by atoms with E-state index in [9.17, 15) is 0 Å². The third-order valence-electron chi connectivity index (χ3n) is 2.10. The van der Waals surface area contributed by atoms with E-state index < -0.39 is 11.9 Å². The van der Waals surface area contributed by atoms with E-state index in [1.165, 1.54) is 5.57 Å². The standard InChI is InChI=1S/C9H12N2O.C2H2O4/c1-7-6-12-9(11-7)8-3-2-4-10-5-8;3-1(4)2(5)6/h3,6,10H,2,4-5H2,1H3;(H,3,4)(H,5,6). The number of carbonyl (C=O) groups is 2. The van der Waals surface area contributed by atoms with Gasteiger partial charge < -0.3 is 19.9 Å². The van der Waals surface area contributed by atoms with Gasteiger partial charge in [0.25, 0.3) is 0 Å². The molecule has 1 aliphatic rings. The first-order valence-electron chi connectivity index (χ1n) is 5.29. The Labute approximate surface area is 103 Å². The van der Waals surface area contributed by atoms with Crippen molar-refractivity contribution in [1.82, 2.24) is 10.3 Å². The predicted molar refractivity (Wildman–Crippen MR) is 62.0 cm³/mol. The minimum atomic E-state index is -1.82. The minimum Gasteiger partial charge on any atom is -0.473 e. The summed E-state index contributed by atoms with van der Waals surface area (Å²) in [6, 6.07) is 0. The summed E-state index contributed by atoms with van der Waals surface area (Å²) in [6.07, 6.45) is 4.93. The normalized spacial score (nSPS) is 14.2. The fourth-order valence-corrected chi connectivity index (χ4v) is 1.31. The SMILES string of the molecule is Cc1coc(C2=CCCNC2)n1.O=C(O)C(=O)O. The first-order chi connectivity index (χ1) is 8.50. The van der Waals surface area contributed by atoms with Gasteiger partial charge in [0.05, 0.1) is 5.69 Å². The van der Waals surface area contributed by atoms with Gasteiger partial charge in [0, 0.05) is 12.1 Å². The number of hydrogen-bond donors (Lipinski definition) is 3. The Morgan fingerprint density at radius 1 is 1.39 bits per heavy atom. The maximum atomic E-state index is 9.10. The molecule has 0 saturated heterocycles. The smallest absolute Gasteiger partial charge is 0.414 e. The lowest BCUT2D eigenvalue weighted by atomic mass is 10.1. The summed E-state index contributed by atoms with van der Waals surface area (Å²) in [5.74, 6) is -2.88. The van der Waals surface area contributed by atoms with Crippen molar-refractivity contribution in [2.75, 3.05) is 13.1 Å². The van der Waals surface area contributed by atoms with Crippen molar-refractivity contribution < 1.29 is 24.2 Å². The van der Waals surface area contributed by atoms with E-state index in [0.29, 0.717) is 0 Å². The van der Waals surface area contributed by atoms with Crippen LogP contribution in [-0.4, -0.2) is 40.2 Å². The van der Waals surface area contributed by atoms with E-state index in [-0.39, 0.29) is 0 Å². The van der Waals surface area contributed by atoms with Gasteiger partial charge >= 0.3 is 11.9 Å². The Bertz CT molecular complexity index is 452. The van der Waals surface area contributed by atoms with Crippen LogP contribution in [0.4, 0.5) is 0 Å². The molecule has 0 atom stereocenters. The molecule has 98 valence electrons. The first kappa shape index (κ1) is 13.9. The maximum absolute atomic E-state index is 9.10. The lowest BCUT2D eigenvalue weighted by molar-refractivity contribution is -0.159. The fraction of sp³-hybridized carbons (Fsp3) is 0.364. The van der Waals surface area contributed by atoms with Crippen LogP contribution in [0.2, 0.25) is 0 Å². The van der Waals surface area contributed by atoms with Crippen molar-refractivity contribution in [3.63, 3.8) is 0 Å². The van der Waals surface area contributed by atoms with E-state index >= 15 is 0 Å². The maximum Gasteiger partial charge on any atom is 0.414 e. The molecule has 0 radical (unpaired) electrons. The molecule has 0 bridgehead atoms. The Kier molecular flexibility index (Phi) is 5.06. The number of aromatic nitrogens is 1. The van der Waals surface area contributed by atoms with Crippen LogP contribution < -0.4 is 5.32 Å². The van der Waals surface area contributed by atoms with Crippen LogP contribution in [-0.2, 0) is 9.59 Å². The van der Waals surface area contributed by atoms with Crippen LogP contribution in [0.25, 0.3) is 5.57 Å². The topological polar surface area (TPSA) is 113 Å². The van der Waals surface area contributed by atoms with Crippen molar-refractivity contribution in [2.24, 2.45) is 0 Å². The number of hydrogen-bond acceptors (Lipinski definition) is 5. The molecule has 2 rings (SSSR count). The number of carboxylic acids is 2. The largest absolute Gasteiger partial charge is 0.473 e. The second-order valence-electron chi connectivity index (χ2n) is 3.60. The molecule has 1 aliphatic heterocycles. The van der Waals surface area contributed by atoms with Gasteiger partial charge in [-0.2, -0.15) is 0 Å². The number of aryl methyl sites for hydroxylation is 1. The van der Waals surface area contributed by atoms with Crippen LogP contribution >= 0.6 is 0 Å². The summed E-state index contributed by atoms with van der Waals surface area (Å²) in [7, 11) is 0. The van der Waals surface area contributed by atoms with Crippen LogP contribution in [0.3, 0.4) is 0 Å². The van der Waals surface area contributed by atoms with Crippen molar-refractivity contribution in [2.45, 2.75) is 13.3 Å². The van der Waals surface area contributed by atoms with Crippen LogP contribution in [0.15, 0.2) is 16.8 Å². The highest BCUT2D eigenvalue weighted by molar-refractivity contribution is 6.27. The molecule has 1 aromatic rings. The summed E-state index contributed by atoms with van der Waals surface area (Å²) < 4.78 is 5.28. The summed E-state index contributed by atoms with van der Waals surface area (Å²) in [6.45, 7) is 3.87. The molecule has 2 heterocycles. The van der Waals surface area contributed by atoms with E-state index in [1.807, 2.05) is 6.92 Å². The number of oxazole rings is 1. The highest BCUT2D eigenvalue weighted by atomic mass is 16.4. The Morgan fingerprint density at radius 2 is 2.06 bits per heavy atom. The molecule has 0 unspecified atom stereocenters. The zero-order valence-corrected chi connectivity index (χ0v) is 9.84. The van der Waals surface area contributed by atoms with E-state index in [4.69, 9.17) is 24.2 Å². The molecule has 7 nitrogen and oxygen atoms in total. The van der Waals surface area contributed by atoms with Gasteiger partial charge in [0.1, 0.15) is 6.26 Å². The average molecular weight is 254 g/mol. The van der Waals surface area contributed by atoms with Crippen molar-refractivity contribution in [3.8, 4) is 0 Å². The molecule has 3 N–H and O–H groups in total. The molecule has 7 heteroatoms. The number of nitrogens with zero attached hydrogens (tertiary/aromatic N) is 1. The molecule has 0 aliphatic carbocycles. The van der Waals surface area contributed by atoms with Gasteiger partial charge in [-0.1, -0.05) is 6.08 Å². The fourth-order valence-electron chi connectivity index (χ4n) is 1.31. The summed E-state index contributed by atoms with van der Waals surface area (Å²) in [4.78, 5) is 22.5. The monoisotopic (exact) mass is 254 g/mol.